The Morgan fingerprint density at radius 2 is 1.68 bits per heavy atom. The van der Waals surface area contributed by atoms with Crippen molar-refractivity contribution in [1.29, 1.82) is 0 Å². The van der Waals surface area contributed by atoms with Crippen LogP contribution in [0.5, 0.6) is 0 Å². The third-order valence-electron chi connectivity index (χ3n) is 11.6. The van der Waals surface area contributed by atoms with E-state index in [0.717, 1.165) is 0 Å². The number of carbonyl (C=O) groups excluding carboxylic acids is 3. The summed E-state index contributed by atoms with van der Waals surface area (Å²) in [5.74, 6) is -2.84. The van der Waals surface area contributed by atoms with Crippen molar-refractivity contribution in [3.8, 4) is 0 Å². The molecule has 0 bridgehead atoms. The summed E-state index contributed by atoms with van der Waals surface area (Å²) in [5, 5.41) is 34.5. The van der Waals surface area contributed by atoms with E-state index in [1.807, 2.05) is 13.8 Å². The summed E-state index contributed by atoms with van der Waals surface area (Å²) in [6.45, 7) is 11.9. The van der Waals surface area contributed by atoms with E-state index in [9.17, 15) is 29.7 Å². The normalized spacial score (nSPS) is 48.1. The molecule has 41 heavy (non-hydrogen) atoms. The van der Waals surface area contributed by atoms with Crippen molar-refractivity contribution in [2.75, 3.05) is 20.3 Å². The van der Waals surface area contributed by atoms with Gasteiger partial charge in [0.15, 0.2) is 5.44 Å². The molecular weight excluding hydrogens is 552 g/mol. The van der Waals surface area contributed by atoms with Crippen LogP contribution in [-0.4, -0.2) is 87.1 Å². The zero-order valence-corrected chi connectivity index (χ0v) is 26.4. The number of hydrogen-bond donors (Lipinski definition) is 3. The predicted octanol–water partition coefficient (Wildman–Crippen LogP) is 2.83. The van der Waals surface area contributed by atoms with Gasteiger partial charge in [-0.3, -0.25) is 9.59 Å². The molecule has 0 aromatic heterocycles. The van der Waals surface area contributed by atoms with Gasteiger partial charge in [-0.2, -0.15) is 0 Å². The summed E-state index contributed by atoms with van der Waals surface area (Å²) in [7, 11) is 1.25. The van der Waals surface area contributed by atoms with E-state index in [4.69, 9.17) is 18.9 Å². The molecule has 4 rings (SSSR count). The van der Waals surface area contributed by atoms with Crippen molar-refractivity contribution in [3.63, 3.8) is 0 Å². The first-order valence-corrected chi connectivity index (χ1v) is 15.6. The van der Waals surface area contributed by atoms with E-state index in [1.165, 1.54) is 32.7 Å². The molecule has 2 aliphatic carbocycles. The number of aliphatic hydroxyl groups excluding tert-OH is 2. The molecule has 4 unspecified atom stereocenters. The first kappa shape index (κ1) is 32.5. The minimum absolute atomic E-state index is 0.0837. The van der Waals surface area contributed by atoms with Crippen LogP contribution in [-0.2, 0) is 33.3 Å². The first-order valence-electron chi connectivity index (χ1n) is 14.8. The van der Waals surface area contributed by atoms with Crippen LogP contribution in [0.25, 0.3) is 0 Å². The lowest BCUT2D eigenvalue weighted by Crippen LogP contribution is -2.81. The van der Waals surface area contributed by atoms with Crippen molar-refractivity contribution in [1.82, 2.24) is 0 Å². The summed E-state index contributed by atoms with van der Waals surface area (Å²) in [6, 6.07) is 0. The van der Waals surface area contributed by atoms with Crippen molar-refractivity contribution >= 4 is 29.7 Å². The quantitative estimate of drug-likeness (QED) is 0.305. The number of hydrogen-bond acceptors (Lipinski definition) is 11. The Hall–Kier alpha value is -1.40. The predicted molar refractivity (Wildman–Crippen MR) is 150 cm³/mol. The maximum Gasteiger partial charge on any atom is 0.346 e. The second-order valence-corrected chi connectivity index (χ2v) is 15.0. The molecule has 0 aromatic rings. The standard InChI is InChI=1S/C30H48O10S/c1-16-13-29(36)22-9-11-26(6)21(10-12-28(15-32,23(26)14-31)18(3)38-19(4)33)27(22,7)41-25(39-20(5)34)30(29,24(35)37-8)40-17(16)2/h16-18,21-23,25,31-32,36H,9-15H2,1-8H3/t16?,17-,18?,21?,22?,23-,25-,26+,27+,28-,29+,30+/m0/s1. The zero-order valence-electron chi connectivity index (χ0n) is 25.6. The highest BCUT2D eigenvalue weighted by Gasteiger charge is 2.79. The van der Waals surface area contributed by atoms with Gasteiger partial charge in [0.2, 0.25) is 5.60 Å². The molecule has 2 aliphatic heterocycles. The molecular formula is C30H48O10S. The fraction of sp³-hybridized carbons (Fsp3) is 0.900. The van der Waals surface area contributed by atoms with Gasteiger partial charge in [-0.15, -0.1) is 11.8 Å². The van der Waals surface area contributed by atoms with E-state index >= 15 is 0 Å². The topological polar surface area (TPSA) is 149 Å². The molecule has 2 saturated carbocycles. The Morgan fingerprint density at radius 3 is 2.22 bits per heavy atom. The maximum absolute atomic E-state index is 13.7. The minimum Gasteiger partial charge on any atom is -0.467 e. The lowest BCUT2D eigenvalue weighted by molar-refractivity contribution is -0.305. The van der Waals surface area contributed by atoms with Crippen LogP contribution in [0.4, 0.5) is 0 Å². The number of ether oxygens (including phenoxy) is 4. The number of esters is 3. The van der Waals surface area contributed by atoms with Crippen LogP contribution in [0.15, 0.2) is 0 Å². The third kappa shape index (κ3) is 4.47. The van der Waals surface area contributed by atoms with Crippen LogP contribution in [0, 0.1) is 34.5 Å². The molecule has 4 fully saturated rings. The van der Waals surface area contributed by atoms with E-state index in [0.29, 0.717) is 25.7 Å². The number of rotatable bonds is 6. The molecule has 4 aliphatic rings. The Labute approximate surface area is 247 Å². The maximum atomic E-state index is 13.7. The van der Waals surface area contributed by atoms with Gasteiger partial charge in [-0.25, -0.2) is 4.79 Å². The summed E-state index contributed by atoms with van der Waals surface area (Å²) in [5.41, 5.74) is -6.16. The summed E-state index contributed by atoms with van der Waals surface area (Å²) >= 11 is 1.34. The van der Waals surface area contributed by atoms with Crippen molar-refractivity contribution in [2.45, 2.75) is 114 Å². The fourth-order valence-electron chi connectivity index (χ4n) is 9.55. The Kier molecular flexibility index (Phi) is 8.68. The van der Waals surface area contributed by atoms with Crippen molar-refractivity contribution in [3.05, 3.63) is 0 Å². The molecule has 0 aromatic carbocycles. The lowest BCUT2D eigenvalue weighted by Gasteiger charge is -2.71. The van der Waals surface area contributed by atoms with E-state index in [2.05, 4.69) is 13.8 Å². The van der Waals surface area contributed by atoms with E-state index in [1.54, 1.807) is 6.92 Å². The SMILES string of the molecule is COC(=O)[C@]12O[C@@H](C)C(C)C[C@@]1(O)C1CC[C@]3(C)C(CC[C@](CO)(C(C)OC(C)=O)[C@H]3CO)[C@@]1(C)S[C@@H]2OC(C)=O. The number of fused-ring (bicyclic) bond motifs is 5. The molecule has 11 heteroatoms. The summed E-state index contributed by atoms with van der Waals surface area (Å²) < 4.78 is 22.4. The molecule has 0 radical (unpaired) electrons. The highest BCUT2D eigenvalue weighted by Crippen LogP contribution is 2.73. The van der Waals surface area contributed by atoms with Crippen LogP contribution in [0.2, 0.25) is 0 Å². The monoisotopic (exact) mass is 600 g/mol. The Bertz CT molecular complexity index is 1050. The van der Waals surface area contributed by atoms with Gasteiger partial charge in [0.25, 0.3) is 0 Å². The molecule has 234 valence electrons. The van der Waals surface area contributed by atoms with Gasteiger partial charge in [0.1, 0.15) is 11.7 Å². The molecule has 2 saturated heterocycles. The average Bonchev–Trinajstić information content (AvgIpc) is 2.87. The highest BCUT2D eigenvalue weighted by atomic mass is 32.2. The second kappa shape index (κ2) is 10.9. The van der Waals surface area contributed by atoms with Gasteiger partial charge in [-0.1, -0.05) is 13.8 Å². The van der Waals surface area contributed by atoms with E-state index < -0.39 is 74.2 Å². The number of carbonyl (C=O) groups is 3. The highest BCUT2D eigenvalue weighted by molar-refractivity contribution is 8.01. The number of thioether (sulfide) groups is 1. The largest absolute Gasteiger partial charge is 0.467 e. The van der Waals surface area contributed by atoms with Crippen LogP contribution >= 0.6 is 11.8 Å². The van der Waals surface area contributed by atoms with Gasteiger partial charge >= 0.3 is 17.9 Å². The van der Waals surface area contributed by atoms with E-state index in [-0.39, 0.29) is 31.5 Å². The Morgan fingerprint density at radius 1 is 1.05 bits per heavy atom. The molecule has 0 amide bonds. The number of aliphatic hydroxyl groups is 3. The van der Waals surface area contributed by atoms with Gasteiger partial charge in [-0.05, 0) is 76.0 Å². The van der Waals surface area contributed by atoms with Gasteiger partial charge < -0.3 is 34.3 Å². The third-order valence-corrected chi connectivity index (χ3v) is 13.4. The van der Waals surface area contributed by atoms with Crippen LogP contribution in [0.1, 0.15) is 80.6 Å². The number of methoxy groups -OCH3 is 1. The smallest absolute Gasteiger partial charge is 0.346 e. The van der Waals surface area contributed by atoms with Gasteiger partial charge in [0.05, 0.1) is 19.8 Å². The lowest BCUT2D eigenvalue weighted by atomic mass is 9.41. The van der Waals surface area contributed by atoms with Crippen LogP contribution < -0.4 is 0 Å². The Balaban J connectivity index is 1.87. The first-order chi connectivity index (χ1) is 19.0. The van der Waals surface area contributed by atoms with Gasteiger partial charge in [0, 0.05) is 36.5 Å². The molecule has 10 nitrogen and oxygen atoms in total. The zero-order chi connectivity index (χ0) is 30.8. The molecule has 12 atom stereocenters. The molecule has 3 N–H and O–H groups in total. The van der Waals surface area contributed by atoms with Crippen molar-refractivity contribution in [2.24, 2.45) is 34.5 Å². The van der Waals surface area contributed by atoms with Crippen LogP contribution in [0.3, 0.4) is 0 Å². The minimum atomic E-state index is -1.91. The summed E-state index contributed by atoms with van der Waals surface area (Å²) in [4.78, 5) is 38.0. The van der Waals surface area contributed by atoms with Crippen molar-refractivity contribution < 1.29 is 48.7 Å². The molecule has 2 heterocycles. The summed E-state index contributed by atoms with van der Waals surface area (Å²) in [6.07, 6.45) is 1.44. The molecule has 0 spiro atoms. The fourth-order valence-corrected chi connectivity index (χ4v) is 11.7. The second-order valence-electron chi connectivity index (χ2n) is 13.5. The average molecular weight is 601 g/mol.